The van der Waals surface area contributed by atoms with Crippen LogP contribution < -0.4 is 16.6 Å². The number of H-pyrrole nitrogens is 1. The van der Waals surface area contributed by atoms with Gasteiger partial charge in [-0.25, -0.2) is 4.79 Å². The average Bonchev–Trinajstić information content (AvgIpc) is 2.39. The van der Waals surface area contributed by atoms with Gasteiger partial charge in [0.05, 0.1) is 0 Å². The molecule has 1 atom stereocenters. The van der Waals surface area contributed by atoms with Crippen LogP contribution in [-0.2, 0) is 6.54 Å². The lowest BCUT2D eigenvalue weighted by Gasteiger charge is -2.15. The molecule has 0 saturated carbocycles. The van der Waals surface area contributed by atoms with Gasteiger partial charge in [-0.1, -0.05) is 30.3 Å². The third-order valence-electron chi connectivity index (χ3n) is 3.01. The third-order valence-corrected chi connectivity index (χ3v) is 3.01. The molecular weight excluding hydrogens is 242 g/mol. The first kappa shape index (κ1) is 13.1. The van der Waals surface area contributed by atoms with Crippen molar-refractivity contribution in [2.45, 2.75) is 26.4 Å². The van der Waals surface area contributed by atoms with Crippen molar-refractivity contribution in [1.29, 1.82) is 0 Å². The van der Waals surface area contributed by atoms with Gasteiger partial charge < -0.3 is 5.32 Å². The summed E-state index contributed by atoms with van der Waals surface area (Å²) in [5.41, 5.74) is 0.398. The number of nitrogens with zero attached hydrogens (tertiary/aromatic N) is 1. The first-order valence-electron chi connectivity index (χ1n) is 6.27. The van der Waals surface area contributed by atoms with E-state index in [2.05, 4.69) is 10.3 Å². The SMILES string of the molecule is CCn1c(=O)cc(NC(C)c2ccccc2)[nH]c1=O. The Morgan fingerprint density at radius 1 is 1.26 bits per heavy atom. The maximum absolute atomic E-state index is 11.7. The van der Waals surface area contributed by atoms with Crippen LogP contribution in [-0.4, -0.2) is 9.55 Å². The van der Waals surface area contributed by atoms with Crippen molar-refractivity contribution in [3.63, 3.8) is 0 Å². The van der Waals surface area contributed by atoms with E-state index in [-0.39, 0.29) is 11.6 Å². The first-order chi connectivity index (χ1) is 9.11. The molecule has 0 fully saturated rings. The lowest BCUT2D eigenvalue weighted by Crippen LogP contribution is -2.34. The summed E-state index contributed by atoms with van der Waals surface area (Å²) < 4.78 is 1.15. The van der Waals surface area contributed by atoms with Crippen molar-refractivity contribution in [3.05, 3.63) is 62.8 Å². The predicted molar refractivity (Wildman–Crippen MR) is 75.5 cm³/mol. The fraction of sp³-hybridized carbons (Fsp3) is 0.286. The molecule has 0 radical (unpaired) electrons. The van der Waals surface area contributed by atoms with Gasteiger partial charge >= 0.3 is 5.69 Å². The van der Waals surface area contributed by atoms with Gasteiger partial charge in [-0.2, -0.15) is 0 Å². The second kappa shape index (κ2) is 5.56. The Hall–Kier alpha value is -2.30. The number of hydrogen-bond donors (Lipinski definition) is 2. The van der Waals surface area contributed by atoms with Crippen LogP contribution in [0.2, 0.25) is 0 Å². The molecule has 0 aliphatic heterocycles. The summed E-state index contributed by atoms with van der Waals surface area (Å²) in [4.78, 5) is 26.1. The van der Waals surface area contributed by atoms with Crippen molar-refractivity contribution >= 4 is 5.82 Å². The molecule has 19 heavy (non-hydrogen) atoms. The summed E-state index contributed by atoms with van der Waals surface area (Å²) in [6.07, 6.45) is 0. The Labute approximate surface area is 110 Å². The second-order valence-corrected chi connectivity index (χ2v) is 4.35. The summed E-state index contributed by atoms with van der Waals surface area (Å²) >= 11 is 0. The molecule has 0 bridgehead atoms. The molecule has 0 aliphatic rings. The van der Waals surface area contributed by atoms with Crippen LogP contribution in [0.15, 0.2) is 46.0 Å². The largest absolute Gasteiger partial charge is 0.365 e. The number of aromatic nitrogens is 2. The second-order valence-electron chi connectivity index (χ2n) is 4.35. The number of aromatic amines is 1. The summed E-state index contributed by atoms with van der Waals surface area (Å²) in [5, 5.41) is 3.12. The molecule has 2 N–H and O–H groups in total. The zero-order valence-corrected chi connectivity index (χ0v) is 11.0. The zero-order chi connectivity index (χ0) is 13.8. The molecule has 0 aliphatic carbocycles. The van der Waals surface area contributed by atoms with Gasteiger partial charge in [0.2, 0.25) is 0 Å². The van der Waals surface area contributed by atoms with E-state index in [9.17, 15) is 9.59 Å². The molecule has 5 nitrogen and oxygen atoms in total. The summed E-state index contributed by atoms with van der Waals surface area (Å²) in [5.74, 6) is 0.441. The van der Waals surface area contributed by atoms with Crippen molar-refractivity contribution in [2.24, 2.45) is 0 Å². The molecule has 0 spiro atoms. The molecule has 2 rings (SSSR count). The monoisotopic (exact) mass is 259 g/mol. The molecule has 2 aromatic rings. The molecular formula is C14H17N3O2. The maximum Gasteiger partial charge on any atom is 0.329 e. The van der Waals surface area contributed by atoms with E-state index in [4.69, 9.17) is 0 Å². The van der Waals surface area contributed by atoms with E-state index in [0.717, 1.165) is 10.1 Å². The highest BCUT2D eigenvalue weighted by molar-refractivity contribution is 5.36. The van der Waals surface area contributed by atoms with Crippen LogP contribution in [0.4, 0.5) is 5.82 Å². The summed E-state index contributed by atoms with van der Waals surface area (Å²) in [7, 11) is 0. The minimum atomic E-state index is -0.391. The molecule has 1 aromatic carbocycles. The van der Waals surface area contributed by atoms with Crippen LogP contribution in [0.5, 0.6) is 0 Å². The molecule has 1 aromatic heterocycles. The third kappa shape index (κ3) is 2.93. The van der Waals surface area contributed by atoms with Gasteiger partial charge in [-0.3, -0.25) is 14.3 Å². The molecule has 0 saturated heterocycles. The van der Waals surface area contributed by atoms with Crippen molar-refractivity contribution < 1.29 is 0 Å². The quantitative estimate of drug-likeness (QED) is 0.878. The molecule has 5 heteroatoms. The van der Waals surface area contributed by atoms with Crippen LogP contribution >= 0.6 is 0 Å². The van der Waals surface area contributed by atoms with Gasteiger partial charge in [0.1, 0.15) is 5.82 Å². The van der Waals surface area contributed by atoms with Crippen molar-refractivity contribution in [3.8, 4) is 0 Å². The van der Waals surface area contributed by atoms with E-state index in [1.807, 2.05) is 37.3 Å². The highest BCUT2D eigenvalue weighted by atomic mass is 16.2. The fourth-order valence-electron chi connectivity index (χ4n) is 1.96. The predicted octanol–water partition coefficient (Wildman–Crippen LogP) is 1.73. The number of benzene rings is 1. The fourth-order valence-corrected chi connectivity index (χ4v) is 1.96. The Balaban J connectivity index is 2.25. The van der Waals surface area contributed by atoms with Gasteiger partial charge in [-0.05, 0) is 19.4 Å². The van der Waals surface area contributed by atoms with Crippen molar-refractivity contribution in [2.75, 3.05) is 5.32 Å². The van der Waals surface area contributed by atoms with Crippen molar-refractivity contribution in [1.82, 2.24) is 9.55 Å². The summed E-state index contributed by atoms with van der Waals surface area (Å²) in [6.45, 7) is 4.10. The van der Waals surface area contributed by atoms with Gasteiger partial charge in [0.25, 0.3) is 5.56 Å². The van der Waals surface area contributed by atoms with Gasteiger partial charge in [0.15, 0.2) is 0 Å². The van der Waals surface area contributed by atoms with E-state index in [1.54, 1.807) is 6.92 Å². The number of hydrogen-bond acceptors (Lipinski definition) is 3. The Morgan fingerprint density at radius 3 is 2.53 bits per heavy atom. The molecule has 100 valence electrons. The van der Waals surface area contributed by atoms with Crippen LogP contribution in [0.25, 0.3) is 0 Å². The standard InChI is InChI=1S/C14H17N3O2/c1-3-17-13(18)9-12(16-14(17)19)15-10(2)11-7-5-4-6-8-11/h4-10,15H,3H2,1-2H3,(H,16,19). The van der Waals surface area contributed by atoms with Crippen LogP contribution in [0, 0.1) is 0 Å². The zero-order valence-electron chi connectivity index (χ0n) is 11.0. The number of rotatable bonds is 4. The van der Waals surface area contributed by atoms with Gasteiger partial charge in [0, 0.05) is 18.7 Å². The van der Waals surface area contributed by atoms with Gasteiger partial charge in [-0.15, -0.1) is 0 Å². The Kier molecular flexibility index (Phi) is 3.85. The molecule has 1 heterocycles. The molecule has 0 amide bonds. The van der Waals surface area contributed by atoms with E-state index < -0.39 is 5.69 Å². The minimum Gasteiger partial charge on any atom is -0.365 e. The smallest absolute Gasteiger partial charge is 0.329 e. The van der Waals surface area contributed by atoms with Crippen LogP contribution in [0.3, 0.4) is 0 Å². The van der Waals surface area contributed by atoms with Crippen LogP contribution in [0.1, 0.15) is 25.5 Å². The van der Waals surface area contributed by atoms with E-state index in [0.29, 0.717) is 12.4 Å². The maximum atomic E-state index is 11.7. The lowest BCUT2D eigenvalue weighted by molar-refractivity contribution is 0.672. The van der Waals surface area contributed by atoms with E-state index in [1.165, 1.54) is 6.07 Å². The topological polar surface area (TPSA) is 66.9 Å². The summed E-state index contributed by atoms with van der Waals surface area (Å²) in [6, 6.07) is 11.2. The minimum absolute atomic E-state index is 0.00808. The first-order valence-corrected chi connectivity index (χ1v) is 6.27. The van der Waals surface area contributed by atoms with E-state index >= 15 is 0 Å². The Bertz CT molecular complexity index is 627. The lowest BCUT2D eigenvalue weighted by atomic mass is 10.1. The Morgan fingerprint density at radius 2 is 1.95 bits per heavy atom. The number of nitrogens with one attached hydrogen (secondary N) is 2. The highest BCUT2D eigenvalue weighted by Crippen LogP contribution is 2.15. The normalized spacial score (nSPS) is 12.1. The highest BCUT2D eigenvalue weighted by Gasteiger charge is 2.07. The number of anilines is 1. The average molecular weight is 259 g/mol. The molecule has 1 unspecified atom stereocenters.